The highest BCUT2D eigenvalue weighted by Crippen LogP contribution is 2.34. The van der Waals surface area contributed by atoms with Gasteiger partial charge in [0.05, 0.1) is 0 Å². The molecule has 0 saturated heterocycles. The molecule has 0 saturated carbocycles. The number of fused-ring (bicyclic) bond motifs is 1. The lowest BCUT2D eigenvalue weighted by atomic mass is 9.81. The predicted octanol–water partition coefficient (Wildman–Crippen LogP) is 5.49. The highest BCUT2D eigenvalue weighted by molar-refractivity contribution is 7.17. The topological polar surface area (TPSA) is 0 Å². The normalized spacial score (nSPS) is 15.0. The van der Waals surface area contributed by atoms with E-state index in [2.05, 4.69) is 43.5 Å². The number of thiophene rings is 1. The van der Waals surface area contributed by atoms with Gasteiger partial charge in [0.15, 0.2) is 0 Å². The lowest BCUT2D eigenvalue weighted by Gasteiger charge is -2.26. The maximum absolute atomic E-state index is 6.16. The first-order valence-corrected chi connectivity index (χ1v) is 7.61. The molecule has 92 valence electrons. The number of alkyl halides is 1. The summed E-state index contributed by atoms with van der Waals surface area (Å²) >= 11 is 8.00. The summed E-state index contributed by atoms with van der Waals surface area (Å²) in [5.74, 6) is 0.741. The Morgan fingerprint density at radius 1 is 1.29 bits per heavy atom. The van der Waals surface area contributed by atoms with Gasteiger partial charge in [0.1, 0.15) is 0 Å². The maximum atomic E-state index is 6.16. The van der Waals surface area contributed by atoms with Crippen LogP contribution in [-0.2, 0) is 6.42 Å². The molecule has 17 heavy (non-hydrogen) atoms. The van der Waals surface area contributed by atoms with Gasteiger partial charge in [-0.15, -0.1) is 22.9 Å². The molecule has 0 aliphatic carbocycles. The van der Waals surface area contributed by atoms with E-state index in [4.69, 9.17) is 11.6 Å². The Hall–Kier alpha value is -0.530. The zero-order chi connectivity index (χ0) is 12.3. The number of benzene rings is 1. The Labute approximate surface area is 113 Å². The Bertz CT molecular complexity index is 488. The lowest BCUT2D eigenvalue weighted by molar-refractivity contribution is 0.336. The van der Waals surface area contributed by atoms with Crippen LogP contribution in [-0.4, -0.2) is 5.88 Å². The van der Waals surface area contributed by atoms with Crippen molar-refractivity contribution in [3.8, 4) is 0 Å². The Kier molecular flexibility index (Phi) is 4.11. The molecule has 1 aromatic heterocycles. The van der Waals surface area contributed by atoms with Crippen LogP contribution in [0.3, 0.4) is 0 Å². The summed E-state index contributed by atoms with van der Waals surface area (Å²) < 4.78 is 1.39. The fourth-order valence-corrected chi connectivity index (χ4v) is 3.63. The van der Waals surface area contributed by atoms with E-state index in [9.17, 15) is 0 Å². The standard InChI is InChI=1S/C15H19ClS/c1-3-8-15(2,11-16)9-12-10-17-14-7-5-4-6-13(12)14/h4-7,10H,3,8-9,11H2,1-2H3. The van der Waals surface area contributed by atoms with Crippen LogP contribution in [0.1, 0.15) is 32.3 Å². The van der Waals surface area contributed by atoms with E-state index >= 15 is 0 Å². The van der Waals surface area contributed by atoms with Crippen LogP contribution in [0.25, 0.3) is 10.1 Å². The van der Waals surface area contributed by atoms with Gasteiger partial charge >= 0.3 is 0 Å². The minimum Gasteiger partial charge on any atom is -0.144 e. The monoisotopic (exact) mass is 266 g/mol. The van der Waals surface area contributed by atoms with Crippen molar-refractivity contribution in [1.82, 2.24) is 0 Å². The van der Waals surface area contributed by atoms with Gasteiger partial charge < -0.3 is 0 Å². The van der Waals surface area contributed by atoms with E-state index in [-0.39, 0.29) is 5.41 Å². The van der Waals surface area contributed by atoms with Gasteiger partial charge in [-0.2, -0.15) is 0 Å². The average molecular weight is 267 g/mol. The van der Waals surface area contributed by atoms with Crippen LogP contribution in [0.4, 0.5) is 0 Å². The summed E-state index contributed by atoms with van der Waals surface area (Å²) in [5, 5.41) is 3.70. The second-order valence-electron chi connectivity index (χ2n) is 5.13. The maximum Gasteiger partial charge on any atom is 0.0345 e. The third-order valence-corrected chi connectivity index (χ3v) is 5.01. The molecule has 1 unspecified atom stereocenters. The van der Waals surface area contributed by atoms with Crippen LogP contribution < -0.4 is 0 Å². The van der Waals surface area contributed by atoms with Crippen molar-refractivity contribution in [2.45, 2.75) is 33.1 Å². The molecule has 2 aromatic rings. The number of hydrogen-bond donors (Lipinski definition) is 0. The molecular formula is C15H19ClS. The van der Waals surface area contributed by atoms with Gasteiger partial charge in [-0.3, -0.25) is 0 Å². The molecular weight excluding hydrogens is 248 g/mol. The summed E-state index contributed by atoms with van der Waals surface area (Å²) in [6, 6.07) is 8.65. The van der Waals surface area contributed by atoms with Gasteiger partial charge in [0.2, 0.25) is 0 Å². The molecule has 0 fully saturated rings. The second-order valence-corrected chi connectivity index (χ2v) is 6.31. The lowest BCUT2D eigenvalue weighted by Crippen LogP contribution is -2.21. The minimum absolute atomic E-state index is 0.236. The summed E-state index contributed by atoms with van der Waals surface area (Å²) in [5.41, 5.74) is 1.70. The first-order chi connectivity index (χ1) is 8.18. The summed E-state index contributed by atoms with van der Waals surface area (Å²) in [6.07, 6.45) is 3.49. The Balaban J connectivity index is 2.28. The minimum atomic E-state index is 0.236. The van der Waals surface area contributed by atoms with Crippen molar-refractivity contribution in [2.75, 3.05) is 5.88 Å². The SMILES string of the molecule is CCCC(C)(CCl)Cc1csc2ccccc12. The summed E-state index contributed by atoms with van der Waals surface area (Å²) in [4.78, 5) is 0. The van der Waals surface area contributed by atoms with Crippen molar-refractivity contribution in [3.05, 3.63) is 35.2 Å². The quantitative estimate of drug-likeness (QED) is 0.628. The van der Waals surface area contributed by atoms with Crippen molar-refractivity contribution in [2.24, 2.45) is 5.41 Å². The molecule has 0 spiro atoms. The number of rotatable bonds is 5. The van der Waals surface area contributed by atoms with Crippen LogP contribution in [0.15, 0.2) is 29.6 Å². The largest absolute Gasteiger partial charge is 0.144 e. The molecule has 2 heteroatoms. The van der Waals surface area contributed by atoms with Crippen LogP contribution in [0.5, 0.6) is 0 Å². The van der Waals surface area contributed by atoms with Crippen LogP contribution in [0.2, 0.25) is 0 Å². The Morgan fingerprint density at radius 2 is 2.06 bits per heavy atom. The van der Waals surface area contributed by atoms with E-state index in [1.54, 1.807) is 0 Å². The third kappa shape index (κ3) is 2.83. The third-order valence-electron chi connectivity index (χ3n) is 3.35. The van der Waals surface area contributed by atoms with E-state index in [0.717, 1.165) is 12.3 Å². The van der Waals surface area contributed by atoms with Crippen LogP contribution >= 0.6 is 22.9 Å². The fourth-order valence-electron chi connectivity index (χ4n) is 2.44. The van der Waals surface area contributed by atoms with E-state index < -0.39 is 0 Å². The van der Waals surface area contributed by atoms with Crippen molar-refractivity contribution < 1.29 is 0 Å². The molecule has 1 atom stereocenters. The molecule has 0 radical (unpaired) electrons. The average Bonchev–Trinajstić information content (AvgIpc) is 2.73. The van der Waals surface area contributed by atoms with Gasteiger partial charge in [-0.25, -0.2) is 0 Å². The van der Waals surface area contributed by atoms with Gasteiger partial charge in [0.25, 0.3) is 0 Å². The zero-order valence-corrected chi connectivity index (χ0v) is 12.1. The number of hydrogen-bond acceptors (Lipinski definition) is 1. The smallest absolute Gasteiger partial charge is 0.0345 e. The number of halogens is 1. The molecule has 1 heterocycles. The summed E-state index contributed by atoms with van der Waals surface area (Å²) in [7, 11) is 0. The molecule has 0 amide bonds. The molecule has 0 aliphatic heterocycles. The molecule has 0 nitrogen and oxygen atoms in total. The fraction of sp³-hybridized carbons (Fsp3) is 0.467. The Morgan fingerprint density at radius 3 is 2.76 bits per heavy atom. The molecule has 0 bridgehead atoms. The molecule has 2 rings (SSSR count). The van der Waals surface area contributed by atoms with Crippen molar-refractivity contribution in [1.29, 1.82) is 0 Å². The zero-order valence-electron chi connectivity index (χ0n) is 10.5. The molecule has 1 aromatic carbocycles. The predicted molar refractivity (Wildman–Crippen MR) is 79.3 cm³/mol. The van der Waals surface area contributed by atoms with Crippen molar-refractivity contribution >= 4 is 33.0 Å². The van der Waals surface area contributed by atoms with Gasteiger partial charge in [-0.05, 0) is 40.7 Å². The molecule has 0 aliphatic rings. The van der Waals surface area contributed by atoms with Gasteiger partial charge in [-0.1, -0.05) is 38.5 Å². The first-order valence-electron chi connectivity index (χ1n) is 6.19. The summed E-state index contributed by atoms with van der Waals surface area (Å²) in [6.45, 7) is 4.53. The van der Waals surface area contributed by atoms with Crippen LogP contribution in [0, 0.1) is 5.41 Å². The van der Waals surface area contributed by atoms with E-state index in [0.29, 0.717) is 0 Å². The second kappa shape index (κ2) is 5.41. The highest BCUT2D eigenvalue weighted by atomic mass is 35.5. The molecule has 0 N–H and O–H groups in total. The highest BCUT2D eigenvalue weighted by Gasteiger charge is 2.23. The van der Waals surface area contributed by atoms with Crippen molar-refractivity contribution in [3.63, 3.8) is 0 Å². The van der Waals surface area contributed by atoms with E-state index in [1.165, 1.54) is 28.5 Å². The van der Waals surface area contributed by atoms with Gasteiger partial charge in [0, 0.05) is 10.6 Å². The first kappa shape index (κ1) is 12.9. The van der Waals surface area contributed by atoms with E-state index in [1.807, 2.05) is 11.3 Å².